The van der Waals surface area contributed by atoms with Crippen LogP contribution in [0, 0.1) is 11.8 Å². The highest BCUT2D eigenvalue weighted by molar-refractivity contribution is 6.32. The van der Waals surface area contributed by atoms with Crippen molar-refractivity contribution in [2.24, 2.45) is 11.8 Å². The summed E-state index contributed by atoms with van der Waals surface area (Å²) in [4.78, 5) is 27.0. The Hall–Kier alpha value is -7.33. The summed E-state index contributed by atoms with van der Waals surface area (Å²) in [6.45, 7) is 7.39. The van der Waals surface area contributed by atoms with E-state index in [1.165, 1.54) is 19.2 Å². The van der Waals surface area contributed by atoms with Gasteiger partial charge in [-0.25, -0.2) is 0 Å². The van der Waals surface area contributed by atoms with Gasteiger partial charge in [-0.1, -0.05) is 207 Å². The van der Waals surface area contributed by atoms with Crippen molar-refractivity contribution in [1.29, 1.82) is 0 Å². The van der Waals surface area contributed by atoms with Gasteiger partial charge < -0.3 is 19.3 Å². The Labute approximate surface area is 515 Å². The van der Waals surface area contributed by atoms with E-state index in [4.69, 9.17) is 42.5 Å². The molecule has 8 aromatic carbocycles. The molecule has 0 bridgehead atoms. The molecule has 0 radical (unpaired) electrons. The number of carboxylic acids is 1. The molecule has 0 aliphatic carbocycles. The summed E-state index contributed by atoms with van der Waals surface area (Å²) < 4.78 is 98.8. The molecular weight excluding hydrogens is 1170 g/mol. The Morgan fingerprint density at radius 3 is 1.14 bits per heavy atom. The number of rotatable bonds is 26. The maximum absolute atomic E-state index is 13.7. The molecule has 0 aliphatic heterocycles. The average molecular weight is 1240 g/mol. The fraction of sp³-hybridized carbons (Fsp3) is 0.275. The van der Waals surface area contributed by atoms with E-state index in [1.807, 2.05) is 111 Å². The van der Waals surface area contributed by atoms with Crippen LogP contribution in [-0.2, 0) is 52.6 Å². The first-order valence-electron chi connectivity index (χ1n) is 27.8. The largest absolute Gasteiger partial charge is 0.493 e. The number of esters is 1. The summed E-state index contributed by atoms with van der Waals surface area (Å²) in [6, 6.07) is 62.6. The second-order valence-electron chi connectivity index (χ2n) is 21.1. The molecule has 0 spiro atoms. The first kappa shape index (κ1) is 67.8. The van der Waals surface area contributed by atoms with Crippen LogP contribution in [-0.4, -0.2) is 73.3 Å². The SMILES string of the molecule is COC(=O)Cc1cccc(OC[C@H](C)CN(Cc2cccc(C(F)(F)F)c2Cl)CC(c2ccccc2)c2ccccc2)c1.C[C@@H](COc1cccc(CC(=O)O)c1)CN(Cc1cccc(C(F)(F)F)c1Cl)CC(c1ccccc1)c1ccccc1.Cl. The van der Waals surface area contributed by atoms with Gasteiger partial charge in [-0.05, 0) is 80.9 Å². The lowest BCUT2D eigenvalue weighted by Crippen LogP contribution is -2.34. The van der Waals surface area contributed by atoms with E-state index in [9.17, 15) is 35.9 Å². The molecule has 0 fully saturated rings. The van der Waals surface area contributed by atoms with E-state index in [-0.39, 0.29) is 78.0 Å². The van der Waals surface area contributed by atoms with Crippen LogP contribution in [0.25, 0.3) is 0 Å². The molecule has 0 heterocycles. The third kappa shape index (κ3) is 21.0. The van der Waals surface area contributed by atoms with Crippen LogP contribution >= 0.6 is 35.6 Å². The third-order valence-electron chi connectivity index (χ3n) is 14.2. The molecule has 1 N–H and O–H groups in total. The Kier molecular flexibility index (Phi) is 26.0. The molecule has 8 aromatic rings. The van der Waals surface area contributed by atoms with E-state index in [1.54, 1.807) is 36.4 Å². The molecule has 454 valence electrons. The summed E-state index contributed by atoms with van der Waals surface area (Å²) in [7, 11) is 1.35. The van der Waals surface area contributed by atoms with Gasteiger partial charge in [0.15, 0.2) is 0 Å². The number of methoxy groups -OCH3 is 1. The van der Waals surface area contributed by atoms with Crippen LogP contribution in [0.1, 0.15) is 81.3 Å². The number of carbonyl (C=O) groups excluding carboxylic acids is 1. The van der Waals surface area contributed by atoms with Crippen molar-refractivity contribution in [3.05, 3.63) is 272 Å². The molecule has 0 saturated carbocycles. The number of nitrogens with zero attached hydrogens (tertiary/aromatic N) is 2. The van der Waals surface area contributed by atoms with Crippen LogP contribution in [0.4, 0.5) is 26.3 Å². The quantitative estimate of drug-likeness (QED) is 0.0424. The number of halogens is 9. The minimum absolute atomic E-state index is 0. The highest BCUT2D eigenvalue weighted by atomic mass is 35.5. The van der Waals surface area contributed by atoms with Crippen LogP contribution in [0.5, 0.6) is 11.5 Å². The molecule has 0 amide bonds. The van der Waals surface area contributed by atoms with Crippen molar-refractivity contribution in [2.75, 3.05) is 46.5 Å². The number of hydrogen-bond acceptors (Lipinski definition) is 7. The zero-order chi connectivity index (χ0) is 60.9. The lowest BCUT2D eigenvalue weighted by molar-refractivity contribution is -0.140. The number of carbonyl (C=O) groups is 2. The van der Waals surface area contributed by atoms with Crippen molar-refractivity contribution in [1.82, 2.24) is 9.80 Å². The van der Waals surface area contributed by atoms with Crippen LogP contribution in [0.15, 0.2) is 206 Å². The minimum atomic E-state index is -4.55. The maximum atomic E-state index is 13.7. The normalized spacial score (nSPS) is 12.3. The highest BCUT2D eigenvalue weighted by Gasteiger charge is 2.35. The van der Waals surface area contributed by atoms with Gasteiger partial charge in [-0.3, -0.25) is 19.4 Å². The number of ether oxygens (including phenoxy) is 3. The lowest BCUT2D eigenvalue weighted by atomic mass is 9.90. The molecule has 0 saturated heterocycles. The number of alkyl halides is 6. The van der Waals surface area contributed by atoms with Gasteiger partial charge in [0.25, 0.3) is 0 Å². The minimum Gasteiger partial charge on any atom is -0.493 e. The summed E-state index contributed by atoms with van der Waals surface area (Å²) in [6.07, 6.45) is -9.04. The highest BCUT2D eigenvalue weighted by Crippen LogP contribution is 2.39. The van der Waals surface area contributed by atoms with Gasteiger partial charge in [-0.15, -0.1) is 12.4 Å². The molecule has 8 rings (SSSR count). The first-order valence-corrected chi connectivity index (χ1v) is 28.5. The van der Waals surface area contributed by atoms with Crippen molar-refractivity contribution >= 4 is 47.5 Å². The Balaban J connectivity index is 0.000000272. The second-order valence-corrected chi connectivity index (χ2v) is 21.9. The smallest absolute Gasteiger partial charge is 0.417 e. The van der Waals surface area contributed by atoms with E-state index in [2.05, 4.69) is 58.3 Å². The zero-order valence-corrected chi connectivity index (χ0v) is 50.2. The molecule has 2 atom stereocenters. The lowest BCUT2D eigenvalue weighted by Gasteiger charge is -2.31. The van der Waals surface area contributed by atoms with Crippen LogP contribution < -0.4 is 9.47 Å². The zero-order valence-electron chi connectivity index (χ0n) is 47.8. The predicted octanol–water partition coefficient (Wildman–Crippen LogP) is 17.2. The van der Waals surface area contributed by atoms with Crippen molar-refractivity contribution in [3.63, 3.8) is 0 Å². The van der Waals surface area contributed by atoms with Crippen molar-refractivity contribution in [3.8, 4) is 11.5 Å². The fourth-order valence-electron chi connectivity index (χ4n) is 10.2. The van der Waals surface area contributed by atoms with Crippen LogP contribution in [0.2, 0.25) is 10.0 Å². The number of carboxylic acid groups (broad SMARTS) is 1. The van der Waals surface area contributed by atoms with Gasteiger partial charge in [-0.2, -0.15) is 26.3 Å². The predicted molar refractivity (Wildman–Crippen MR) is 329 cm³/mol. The Morgan fingerprint density at radius 2 is 0.814 bits per heavy atom. The van der Waals surface area contributed by atoms with Gasteiger partial charge in [0.05, 0.1) is 54.3 Å². The maximum Gasteiger partial charge on any atom is 0.417 e. The summed E-state index contributed by atoms with van der Waals surface area (Å²) in [5, 5.41) is 8.53. The Morgan fingerprint density at radius 1 is 0.477 bits per heavy atom. The number of hydrogen-bond donors (Lipinski definition) is 1. The topological polar surface area (TPSA) is 88.5 Å². The van der Waals surface area contributed by atoms with E-state index in [0.29, 0.717) is 67.6 Å². The van der Waals surface area contributed by atoms with Gasteiger partial charge in [0.1, 0.15) is 11.5 Å². The molecule has 0 aliphatic rings. The molecular formula is C69H69Cl3F6N2O6. The number of benzene rings is 8. The summed E-state index contributed by atoms with van der Waals surface area (Å²) in [5.74, 6) is -0.0953. The summed E-state index contributed by atoms with van der Waals surface area (Å²) in [5.41, 5.74) is 4.99. The van der Waals surface area contributed by atoms with E-state index in [0.717, 1.165) is 39.9 Å². The van der Waals surface area contributed by atoms with Gasteiger partial charge in [0.2, 0.25) is 0 Å². The fourth-order valence-corrected chi connectivity index (χ4v) is 10.7. The van der Waals surface area contributed by atoms with E-state index >= 15 is 0 Å². The molecule has 86 heavy (non-hydrogen) atoms. The molecule has 0 unspecified atom stereocenters. The molecule has 8 nitrogen and oxygen atoms in total. The second kappa shape index (κ2) is 33.0. The molecule has 0 aromatic heterocycles. The van der Waals surface area contributed by atoms with E-state index < -0.39 is 29.4 Å². The standard InChI is InChI=1S/C35H35ClF3NO3.C34H33ClF3NO3.ClH/c1-25(24-43-30-17-9-11-26(19-30)20-33(41)42-2)21-40(22-29-16-10-18-32(34(29)36)35(37,38)39)23-31(27-12-5-3-6-13-27)28-14-7-4-8-15-28;1-24(23-42-29-16-8-10-25(18-29)19-32(40)41)20-39(21-28-15-9-17-31(33(28)35)34(36,37)38)22-30(26-11-4-2-5-12-26)27-13-6-3-7-14-27;/h3-19,25,31H,20-24H2,1-2H3;2-18,24,30H,19-23H2,1H3,(H,40,41);1H/t25-;24-;/m11./s1. The number of aliphatic carboxylic acids is 1. The van der Waals surface area contributed by atoms with Crippen molar-refractivity contribution < 1.29 is 55.2 Å². The average Bonchev–Trinajstić information content (AvgIpc) is 2.41. The van der Waals surface area contributed by atoms with Gasteiger partial charge >= 0.3 is 24.3 Å². The summed E-state index contributed by atoms with van der Waals surface area (Å²) >= 11 is 12.7. The Bertz CT molecular complexity index is 3280. The third-order valence-corrected chi connectivity index (χ3v) is 15.1. The monoisotopic (exact) mass is 1240 g/mol. The first-order chi connectivity index (χ1) is 40.7. The van der Waals surface area contributed by atoms with Gasteiger partial charge in [0, 0.05) is 62.9 Å². The van der Waals surface area contributed by atoms with Crippen LogP contribution in [0.3, 0.4) is 0 Å². The molecule has 17 heteroatoms. The van der Waals surface area contributed by atoms with Crippen molar-refractivity contribution in [2.45, 2.75) is 64.0 Å².